The van der Waals surface area contributed by atoms with Crippen molar-refractivity contribution in [2.45, 2.75) is 13.8 Å². The van der Waals surface area contributed by atoms with Crippen LogP contribution in [0.25, 0.3) is 0 Å². The van der Waals surface area contributed by atoms with E-state index in [1.807, 2.05) is 62.8 Å². The molecule has 0 radical (unpaired) electrons. The molecular formula is C18H20N6S4. The van der Waals surface area contributed by atoms with Gasteiger partial charge in [0.25, 0.3) is 0 Å². The Hall–Kier alpha value is -1.62. The summed E-state index contributed by atoms with van der Waals surface area (Å²) in [7, 11) is 3.01. The molecule has 2 aromatic heterocycles. The van der Waals surface area contributed by atoms with E-state index in [1.54, 1.807) is 12.4 Å². The van der Waals surface area contributed by atoms with Crippen LogP contribution in [0.15, 0.2) is 69.2 Å². The van der Waals surface area contributed by atoms with Crippen LogP contribution in [-0.2, 0) is 0 Å². The number of hydrogen-bond acceptors (Lipinski definition) is 10. The third-order valence-electron chi connectivity index (χ3n) is 3.17. The zero-order valence-electron chi connectivity index (χ0n) is 15.9. The van der Waals surface area contributed by atoms with Gasteiger partial charge >= 0.3 is 0 Å². The molecule has 2 rings (SSSR count). The average molecular weight is 449 g/mol. The predicted octanol–water partition coefficient (Wildman–Crippen LogP) is 5.44. The molecule has 0 aliphatic rings. The van der Waals surface area contributed by atoms with Gasteiger partial charge in [-0.25, -0.2) is 0 Å². The monoisotopic (exact) mass is 448 g/mol. The van der Waals surface area contributed by atoms with Crippen LogP contribution in [0.3, 0.4) is 0 Å². The van der Waals surface area contributed by atoms with Crippen LogP contribution in [-0.4, -0.2) is 42.7 Å². The fraction of sp³-hybridized carbons (Fsp3) is 0.222. The summed E-state index contributed by atoms with van der Waals surface area (Å²) in [5, 5.41) is 17.2. The van der Waals surface area contributed by atoms with E-state index >= 15 is 0 Å². The number of hydrogen-bond donors (Lipinski definition) is 0. The first kappa shape index (κ1) is 22.7. The summed E-state index contributed by atoms with van der Waals surface area (Å²) in [6.45, 7) is 3.79. The van der Waals surface area contributed by atoms with Crippen molar-refractivity contribution in [2.24, 2.45) is 20.4 Å². The van der Waals surface area contributed by atoms with Gasteiger partial charge in [0.05, 0.1) is 22.8 Å². The Balaban J connectivity index is 2.02. The lowest BCUT2D eigenvalue weighted by atomic mass is 10.3. The topological polar surface area (TPSA) is 75.2 Å². The second kappa shape index (κ2) is 12.8. The molecule has 2 heterocycles. The minimum Gasteiger partial charge on any atom is -0.255 e. The second-order valence-electron chi connectivity index (χ2n) is 5.11. The first-order valence-corrected chi connectivity index (χ1v) is 12.7. The highest BCUT2D eigenvalue weighted by molar-refractivity contribution is 8.93. The van der Waals surface area contributed by atoms with E-state index in [2.05, 4.69) is 30.4 Å². The van der Waals surface area contributed by atoms with Gasteiger partial charge in [-0.05, 0) is 72.2 Å². The highest BCUT2D eigenvalue weighted by Gasteiger charge is 2.06. The lowest BCUT2D eigenvalue weighted by molar-refractivity contribution is 1.21. The van der Waals surface area contributed by atoms with E-state index in [0.29, 0.717) is 0 Å². The molecule has 10 heteroatoms. The number of aromatic nitrogens is 2. The zero-order chi connectivity index (χ0) is 20.2. The number of nitrogens with zero attached hydrogens (tertiary/aromatic N) is 6. The first-order valence-electron chi connectivity index (χ1n) is 8.14. The van der Waals surface area contributed by atoms with Gasteiger partial charge in [0.15, 0.2) is 8.75 Å². The van der Waals surface area contributed by atoms with Crippen molar-refractivity contribution in [3.05, 3.63) is 60.2 Å². The highest BCUT2D eigenvalue weighted by Crippen LogP contribution is 2.33. The molecule has 0 aromatic carbocycles. The summed E-state index contributed by atoms with van der Waals surface area (Å²) >= 11 is 3.07. The zero-order valence-corrected chi connectivity index (χ0v) is 19.2. The van der Waals surface area contributed by atoms with E-state index in [4.69, 9.17) is 0 Å². The summed E-state index contributed by atoms with van der Waals surface area (Å²) < 4.78 is 1.65. The lowest BCUT2D eigenvalue weighted by Gasteiger charge is -2.02. The van der Waals surface area contributed by atoms with Gasteiger partial charge in [-0.1, -0.05) is 12.1 Å². The largest absolute Gasteiger partial charge is 0.255 e. The Morgan fingerprint density at radius 2 is 1.11 bits per heavy atom. The van der Waals surface area contributed by atoms with E-state index in [1.165, 1.54) is 45.1 Å². The van der Waals surface area contributed by atoms with Gasteiger partial charge in [-0.2, -0.15) is 10.2 Å². The molecule has 0 saturated carbocycles. The third-order valence-corrected chi connectivity index (χ3v) is 7.89. The molecule has 0 atom stereocenters. The normalized spacial score (nSPS) is 13.7. The maximum Gasteiger partial charge on any atom is 0.163 e. The minimum atomic E-state index is 0.770. The molecule has 2 aromatic rings. The minimum absolute atomic E-state index is 0.770. The van der Waals surface area contributed by atoms with Crippen molar-refractivity contribution >= 4 is 65.3 Å². The smallest absolute Gasteiger partial charge is 0.163 e. The Kier molecular flexibility index (Phi) is 10.3. The summed E-state index contributed by atoms with van der Waals surface area (Å²) in [6.07, 6.45) is 7.42. The van der Waals surface area contributed by atoms with Gasteiger partial charge < -0.3 is 0 Å². The molecule has 0 bridgehead atoms. The maximum absolute atomic E-state index is 4.33. The molecule has 0 unspecified atom stereocenters. The van der Waals surface area contributed by atoms with Gasteiger partial charge in [0.2, 0.25) is 0 Å². The van der Waals surface area contributed by atoms with Gasteiger partial charge in [-0.15, -0.1) is 33.7 Å². The van der Waals surface area contributed by atoms with E-state index in [0.717, 1.165) is 31.6 Å². The summed E-state index contributed by atoms with van der Waals surface area (Å²) in [5.74, 6) is 0. The highest BCUT2D eigenvalue weighted by atomic mass is 33.1. The number of thioether (sulfide) groups is 2. The van der Waals surface area contributed by atoms with Crippen LogP contribution in [0.4, 0.5) is 0 Å². The molecule has 0 N–H and O–H groups in total. The Morgan fingerprint density at radius 3 is 1.43 bits per heavy atom. The van der Waals surface area contributed by atoms with E-state index in [9.17, 15) is 0 Å². The van der Waals surface area contributed by atoms with Crippen molar-refractivity contribution in [1.29, 1.82) is 0 Å². The molecule has 146 valence electrons. The van der Waals surface area contributed by atoms with E-state index < -0.39 is 0 Å². The number of pyridine rings is 2. The Bertz CT molecular complexity index is 793. The molecule has 0 aliphatic heterocycles. The van der Waals surface area contributed by atoms with Gasteiger partial charge in [-0.3, -0.25) is 9.97 Å². The molecule has 6 nitrogen and oxygen atoms in total. The third kappa shape index (κ3) is 7.78. The molecule has 28 heavy (non-hydrogen) atoms. The summed E-state index contributed by atoms with van der Waals surface area (Å²) in [6, 6.07) is 11.4. The average Bonchev–Trinajstić information content (AvgIpc) is 2.76. The lowest BCUT2D eigenvalue weighted by Crippen LogP contribution is -1.97. The molecule has 0 fully saturated rings. The van der Waals surface area contributed by atoms with Crippen molar-refractivity contribution in [1.82, 2.24) is 9.97 Å². The Labute approximate surface area is 181 Å². The van der Waals surface area contributed by atoms with Crippen molar-refractivity contribution in [2.75, 3.05) is 12.5 Å². The van der Waals surface area contributed by atoms with Crippen LogP contribution in [0, 0.1) is 0 Å². The maximum atomic E-state index is 4.33. The van der Waals surface area contributed by atoms with Crippen LogP contribution in [0.1, 0.15) is 25.2 Å². The second-order valence-corrected chi connectivity index (χ2v) is 9.32. The fourth-order valence-corrected chi connectivity index (χ4v) is 5.29. The van der Waals surface area contributed by atoms with Crippen LogP contribution < -0.4 is 0 Å². The molecular weight excluding hydrogens is 429 g/mol. The van der Waals surface area contributed by atoms with Crippen LogP contribution >= 0.6 is 45.1 Å². The van der Waals surface area contributed by atoms with Crippen LogP contribution in [0.5, 0.6) is 0 Å². The number of rotatable bonds is 4. The van der Waals surface area contributed by atoms with Gasteiger partial charge in [0.1, 0.15) is 0 Å². The van der Waals surface area contributed by atoms with Crippen molar-refractivity contribution in [3.63, 3.8) is 0 Å². The fourth-order valence-electron chi connectivity index (χ4n) is 1.74. The van der Waals surface area contributed by atoms with E-state index in [-0.39, 0.29) is 0 Å². The molecule has 0 amide bonds. The summed E-state index contributed by atoms with van der Waals surface area (Å²) in [5.41, 5.74) is 3.17. The standard InChI is InChI=1S/C18H20N6S4/c1-13(15-9-5-7-11-19-15)21-23-17(25-3)27-28-18(26-4)24-22-14(2)16-10-6-8-12-20-16/h5-12H,1-4H3/b21-13+,22-14+,23-17-,24-18+. The molecule has 0 aliphatic carbocycles. The quantitative estimate of drug-likeness (QED) is 0.268. The van der Waals surface area contributed by atoms with Crippen LogP contribution in [0.2, 0.25) is 0 Å². The van der Waals surface area contributed by atoms with Crippen molar-refractivity contribution in [3.8, 4) is 0 Å². The van der Waals surface area contributed by atoms with Crippen molar-refractivity contribution < 1.29 is 0 Å². The van der Waals surface area contributed by atoms with Gasteiger partial charge in [0, 0.05) is 12.4 Å². The predicted molar refractivity (Wildman–Crippen MR) is 130 cm³/mol. The molecule has 0 saturated heterocycles. The SMILES string of the molecule is CS/C(=N/N=C(\C)c1ccccn1)SS/C(=N/N=C(\C)c1ccccn1)SC. The Morgan fingerprint density at radius 1 is 0.679 bits per heavy atom. The molecule has 0 spiro atoms. The summed E-state index contributed by atoms with van der Waals surface area (Å²) in [4.78, 5) is 8.55. The first-order chi connectivity index (χ1) is 13.6.